The molecule has 0 saturated heterocycles. The standard InChI is InChI=1S/C21H18FN5O/c1-13-23-12-19(27(13)2)18-8-15-9-20(25-11-16(15)10-24-18)26-21(28)7-14-3-5-17(22)6-4-14/h3-6,8-12H,7H2,1-2H3,(H,25,26,28)/i7D2. The molecule has 0 bridgehead atoms. The number of nitrogens with zero attached hydrogens (tertiary/aromatic N) is 4. The van der Waals surface area contributed by atoms with Crippen LogP contribution in [0.3, 0.4) is 0 Å². The van der Waals surface area contributed by atoms with Gasteiger partial charge in [-0.15, -0.1) is 0 Å². The van der Waals surface area contributed by atoms with E-state index in [4.69, 9.17) is 2.74 Å². The van der Waals surface area contributed by atoms with E-state index in [0.29, 0.717) is 0 Å². The van der Waals surface area contributed by atoms with Gasteiger partial charge in [-0.25, -0.2) is 14.4 Å². The fourth-order valence-electron chi connectivity index (χ4n) is 2.80. The third kappa shape index (κ3) is 3.59. The smallest absolute Gasteiger partial charge is 0.229 e. The van der Waals surface area contributed by atoms with Gasteiger partial charge in [0.1, 0.15) is 17.5 Å². The van der Waals surface area contributed by atoms with Crippen LogP contribution in [0.4, 0.5) is 10.2 Å². The molecule has 28 heavy (non-hydrogen) atoms. The molecule has 0 atom stereocenters. The lowest BCUT2D eigenvalue weighted by Gasteiger charge is -2.08. The van der Waals surface area contributed by atoms with Crippen molar-refractivity contribution in [3.8, 4) is 11.4 Å². The zero-order valence-corrected chi connectivity index (χ0v) is 15.3. The second-order valence-electron chi connectivity index (χ2n) is 6.32. The highest BCUT2D eigenvalue weighted by Gasteiger charge is 2.10. The molecule has 4 aromatic rings. The van der Waals surface area contributed by atoms with Crippen LogP contribution in [-0.4, -0.2) is 25.4 Å². The van der Waals surface area contributed by atoms with Gasteiger partial charge in [-0.2, -0.15) is 0 Å². The number of pyridine rings is 2. The lowest BCUT2D eigenvalue weighted by Crippen LogP contribution is -2.15. The van der Waals surface area contributed by atoms with Gasteiger partial charge in [0.05, 0.1) is 24.0 Å². The molecular formula is C21H18FN5O. The number of rotatable bonds is 4. The first-order chi connectivity index (χ1) is 14.3. The van der Waals surface area contributed by atoms with Crippen molar-refractivity contribution in [1.29, 1.82) is 0 Å². The van der Waals surface area contributed by atoms with Gasteiger partial charge >= 0.3 is 0 Å². The average molecular weight is 377 g/mol. The highest BCUT2D eigenvalue weighted by Crippen LogP contribution is 2.23. The monoisotopic (exact) mass is 377 g/mol. The molecule has 1 amide bonds. The normalized spacial score (nSPS) is 12.5. The van der Waals surface area contributed by atoms with Gasteiger partial charge < -0.3 is 9.88 Å². The van der Waals surface area contributed by atoms with Gasteiger partial charge in [0, 0.05) is 27.6 Å². The molecule has 0 saturated carbocycles. The van der Waals surface area contributed by atoms with Gasteiger partial charge in [-0.05, 0) is 42.1 Å². The first-order valence-corrected chi connectivity index (χ1v) is 8.58. The highest BCUT2D eigenvalue weighted by molar-refractivity contribution is 5.94. The number of aromatic nitrogens is 4. The predicted molar refractivity (Wildman–Crippen MR) is 105 cm³/mol. The van der Waals surface area contributed by atoms with Gasteiger partial charge in [0.25, 0.3) is 0 Å². The van der Waals surface area contributed by atoms with Crippen LogP contribution in [0.1, 0.15) is 14.1 Å². The maximum absolute atomic E-state index is 13.1. The number of nitrogens with one attached hydrogen (secondary N) is 1. The molecule has 3 heterocycles. The summed E-state index contributed by atoms with van der Waals surface area (Å²) in [6.45, 7) is 1.90. The molecule has 0 aliphatic heterocycles. The third-order valence-electron chi connectivity index (χ3n) is 4.43. The molecule has 0 fully saturated rings. The summed E-state index contributed by atoms with van der Waals surface area (Å²) in [4.78, 5) is 25.5. The number of imidazole rings is 1. The number of benzene rings is 1. The Kier molecular flexibility index (Phi) is 3.97. The largest absolute Gasteiger partial charge is 0.330 e. The predicted octanol–water partition coefficient (Wildman–Crippen LogP) is 3.66. The molecule has 6 nitrogen and oxygen atoms in total. The molecule has 1 aromatic carbocycles. The number of hydrogen-bond donors (Lipinski definition) is 1. The SMILES string of the molecule is [2H]C([2H])(C(=O)Nc1cc2cc(-c3cnc(C)n3C)ncc2cn1)c1ccc(F)cc1. The van der Waals surface area contributed by atoms with Crippen LogP contribution >= 0.6 is 0 Å². The molecular weight excluding hydrogens is 357 g/mol. The third-order valence-corrected chi connectivity index (χ3v) is 4.43. The van der Waals surface area contributed by atoms with Crippen LogP contribution in [0, 0.1) is 12.7 Å². The summed E-state index contributed by atoms with van der Waals surface area (Å²) < 4.78 is 31.3. The van der Waals surface area contributed by atoms with Crippen molar-refractivity contribution in [2.45, 2.75) is 13.3 Å². The summed E-state index contributed by atoms with van der Waals surface area (Å²) in [5.41, 5.74) is 1.63. The van der Waals surface area contributed by atoms with Crippen LogP contribution in [0.15, 0.2) is 55.0 Å². The van der Waals surface area contributed by atoms with Crippen molar-refractivity contribution in [2.75, 3.05) is 5.32 Å². The average Bonchev–Trinajstić information content (AvgIpc) is 3.06. The zero-order chi connectivity index (χ0) is 21.5. The number of halogens is 1. The van der Waals surface area contributed by atoms with Gasteiger partial charge in [-0.1, -0.05) is 12.1 Å². The number of aryl methyl sites for hydroxylation is 1. The minimum Gasteiger partial charge on any atom is -0.330 e. The number of carbonyl (C=O) groups excluding carboxylic acids is 1. The Bertz CT molecular complexity index is 1250. The van der Waals surface area contributed by atoms with Crippen LogP contribution in [0.2, 0.25) is 0 Å². The minimum atomic E-state index is -2.35. The first-order valence-electron chi connectivity index (χ1n) is 9.58. The molecule has 0 unspecified atom stereocenters. The van der Waals surface area contributed by atoms with Crippen molar-refractivity contribution in [3.63, 3.8) is 0 Å². The van der Waals surface area contributed by atoms with Gasteiger partial charge in [-0.3, -0.25) is 9.78 Å². The molecule has 0 aliphatic rings. The number of carbonyl (C=O) groups is 1. The first kappa shape index (κ1) is 15.4. The van der Waals surface area contributed by atoms with Gasteiger partial charge in [0.15, 0.2) is 0 Å². The lowest BCUT2D eigenvalue weighted by atomic mass is 10.1. The lowest BCUT2D eigenvalue weighted by molar-refractivity contribution is -0.115. The second-order valence-corrected chi connectivity index (χ2v) is 6.32. The fourth-order valence-corrected chi connectivity index (χ4v) is 2.80. The van der Waals surface area contributed by atoms with E-state index in [9.17, 15) is 9.18 Å². The maximum Gasteiger partial charge on any atom is 0.229 e. The number of amides is 1. The van der Waals surface area contributed by atoms with Crippen LogP contribution < -0.4 is 5.32 Å². The van der Waals surface area contributed by atoms with E-state index in [1.165, 1.54) is 12.1 Å². The minimum absolute atomic E-state index is 0.0558. The zero-order valence-electron chi connectivity index (χ0n) is 17.3. The van der Waals surface area contributed by atoms with E-state index >= 15 is 0 Å². The van der Waals surface area contributed by atoms with Crippen molar-refractivity contribution >= 4 is 22.5 Å². The Morgan fingerprint density at radius 3 is 2.57 bits per heavy atom. The van der Waals surface area contributed by atoms with E-state index in [1.807, 2.05) is 24.6 Å². The second kappa shape index (κ2) is 7.19. The molecule has 0 spiro atoms. The van der Waals surface area contributed by atoms with E-state index in [0.717, 1.165) is 40.1 Å². The molecule has 0 radical (unpaired) electrons. The molecule has 4 rings (SSSR count). The van der Waals surface area contributed by atoms with Crippen molar-refractivity contribution in [1.82, 2.24) is 19.5 Å². The Morgan fingerprint density at radius 1 is 1.11 bits per heavy atom. The Balaban J connectivity index is 1.63. The van der Waals surface area contributed by atoms with E-state index in [2.05, 4.69) is 20.3 Å². The maximum atomic E-state index is 13.1. The molecule has 3 aromatic heterocycles. The van der Waals surface area contributed by atoms with Crippen LogP contribution in [0.5, 0.6) is 0 Å². The summed E-state index contributed by atoms with van der Waals surface area (Å²) in [6.07, 6.45) is 2.64. The molecule has 0 aliphatic carbocycles. The quantitative estimate of drug-likeness (QED) is 0.589. The van der Waals surface area contributed by atoms with E-state index < -0.39 is 18.1 Å². The molecule has 140 valence electrons. The van der Waals surface area contributed by atoms with E-state index in [-0.39, 0.29) is 11.4 Å². The van der Waals surface area contributed by atoms with Crippen molar-refractivity contribution in [3.05, 3.63) is 72.2 Å². The van der Waals surface area contributed by atoms with Crippen LogP contribution in [0.25, 0.3) is 22.2 Å². The topological polar surface area (TPSA) is 72.7 Å². The van der Waals surface area contributed by atoms with Crippen molar-refractivity contribution in [2.24, 2.45) is 7.05 Å². The number of fused-ring (bicyclic) bond motifs is 1. The summed E-state index contributed by atoms with van der Waals surface area (Å²) >= 11 is 0. The summed E-state index contributed by atoms with van der Waals surface area (Å²) in [5.74, 6) is -0.328. The van der Waals surface area contributed by atoms with Crippen LogP contribution in [-0.2, 0) is 18.2 Å². The molecule has 7 heteroatoms. The molecule has 1 N–H and O–H groups in total. The van der Waals surface area contributed by atoms with Gasteiger partial charge in [0.2, 0.25) is 5.91 Å². The number of hydrogen-bond acceptors (Lipinski definition) is 4. The highest BCUT2D eigenvalue weighted by atomic mass is 19.1. The Morgan fingerprint density at radius 2 is 1.86 bits per heavy atom. The summed E-state index contributed by atoms with van der Waals surface area (Å²) in [7, 11) is 1.90. The van der Waals surface area contributed by atoms with Crippen molar-refractivity contribution < 1.29 is 11.9 Å². The van der Waals surface area contributed by atoms with E-state index in [1.54, 1.807) is 24.7 Å². The summed E-state index contributed by atoms with van der Waals surface area (Å²) in [5, 5.41) is 4.06. The summed E-state index contributed by atoms with van der Waals surface area (Å²) in [6, 6.07) is 8.24. The Labute approximate surface area is 163 Å². The Hall–Kier alpha value is -3.61. The fraction of sp³-hybridized carbons (Fsp3) is 0.143. The number of anilines is 1.